The van der Waals surface area contributed by atoms with E-state index in [4.69, 9.17) is 0 Å². The van der Waals surface area contributed by atoms with Crippen molar-refractivity contribution in [1.29, 1.82) is 0 Å². The summed E-state index contributed by atoms with van der Waals surface area (Å²) in [5.74, 6) is 0.127. The van der Waals surface area contributed by atoms with E-state index >= 15 is 0 Å². The second kappa shape index (κ2) is 3.23. The first-order valence-corrected chi connectivity index (χ1v) is 6.89. The van der Waals surface area contributed by atoms with Crippen LogP contribution in [0.3, 0.4) is 0 Å². The molecule has 1 fully saturated rings. The second-order valence-electron chi connectivity index (χ2n) is 3.42. The van der Waals surface area contributed by atoms with Crippen LogP contribution >= 0.6 is 11.8 Å². The van der Waals surface area contributed by atoms with E-state index in [1.807, 2.05) is 0 Å². The average molecular weight is 234 g/mol. The van der Waals surface area contributed by atoms with Gasteiger partial charge in [-0.15, -0.1) is 0 Å². The molecule has 1 amide bonds. The highest BCUT2D eigenvalue weighted by atomic mass is 32.2. The molecule has 0 bridgehead atoms. The summed E-state index contributed by atoms with van der Waals surface area (Å²) in [6.07, 6.45) is 0. The van der Waals surface area contributed by atoms with E-state index in [0.717, 1.165) is 0 Å². The van der Waals surface area contributed by atoms with Gasteiger partial charge in [-0.2, -0.15) is 0 Å². The van der Waals surface area contributed by atoms with Crippen LogP contribution in [0.1, 0.15) is 6.92 Å². The summed E-state index contributed by atoms with van der Waals surface area (Å²) >= 11 is 1.35. The third-order valence-electron chi connectivity index (χ3n) is 2.10. The SMILES string of the molecule is CC(=O)NC1=N[C@H]2CS(=O)(=O)C[C@@H]2S1. The van der Waals surface area contributed by atoms with Gasteiger partial charge in [0.15, 0.2) is 15.0 Å². The number of amides is 1. The van der Waals surface area contributed by atoms with Crippen molar-refractivity contribution in [1.82, 2.24) is 5.32 Å². The molecule has 78 valence electrons. The molecule has 2 atom stereocenters. The summed E-state index contributed by atoms with van der Waals surface area (Å²) in [5, 5.41) is 3.14. The van der Waals surface area contributed by atoms with Gasteiger partial charge in [-0.25, -0.2) is 8.42 Å². The molecule has 2 rings (SSSR count). The van der Waals surface area contributed by atoms with E-state index in [1.54, 1.807) is 0 Å². The molecule has 0 aromatic carbocycles. The van der Waals surface area contributed by atoms with Gasteiger partial charge in [-0.3, -0.25) is 9.79 Å². The molecule has 0 spiro atoms. The normalized spacial score (nSPS) is 33.6. The van der Waals surface area contributed by atoms with Crippen molar-refractivity contribution in [3.05, 3.63) is 0 Å². The van der Waals surface area contributed by atoms with Gasteiger partial charge in [0.1, 0.15) is 0 Å². The summed E-state index contributed by atoms with van der Waals surface area (Å²) in [5.41, 5.74) is 0. The van der Waals surface area contributed by atoms with Gasteiger partial charge in [-0.1, -0.05) is 11.8 Å². The number of aliphatic imine (C=N–C) groups is 1. The van der Waals surface area contributed by atoms with Crippen molar-refractivity contribution in [3.63, 3.8) is 0 Å². The molecule has 5 nitrogen and oxygen atoms in total. The quantitative estimate of drug-likeness (QED) is 0.607. The van der Waals surface area contributed by atoms with Crippen molar-refractivity contribution in [2.24, 2.45) is 4.99 Å². The molecule has 7 heteroatoms. The Balaban J connectivity index is 2.08. The summed E-state index contributed by atoms with van der Waals surface area (Å²) < 4.78 is 22.4. The van der Waals surface area contributed by atoms with Gasteiger partial charge in [0.2, 0.25) is 5.91 Å². The Hall–Kier alpha value is -0.560. The zero-order valence-corrected chi connectivity index (χ0v) is 9.19. The first kappa shape index (κ1) is 9.97. The van der Waals surface area contributed by atoms with Crippen molar-refractivity contribution < 1.29 is 13.2 Å². The lowest BCUT2D eigenvalue weighted by atomic mass is 10.3. The van der Waals surface area contributed by atoms with E-state index in [1.165, 1.54) is 18.7 Å². The third-order valence-corrected chi connectivity index (χ3v) is 5.24. The minimum absolute atomic E-state index is 0.00171. The van der Waals surface area contributed by atoms with Gasteiger partial charge in [0.25, 0.3) is 0 Å². The van der Waals surface area contributed by atoms with Crippen molar-refractivity contribution >= 4 is 32.7 Å². The zero-order valence-electron chi connectivity index (χ0n) is 7.56. The van der Waals surface area contributed by atoms with Gasteiger partial charge < -0.3 is 5.32 Å². The molecule has 2 heterocycles. The topological polar surface area (TPSA) is 75.6 Å². The van der Waals surface area contributed by atoms with Crippen LogP contribution in [-0.2, 0) is 14.6 Å². The second-order valence-corrected chi connectivity index (χ2v) is 6.80. The van der Waals surface area contributed by atoms with Crippen LogP contribution < -0.4 is 5.32 Å². The average Bonchev–Trinajstić information content (AvgIpc) is 2.38. The molecule has 0 aliphatic carbocycles. The Morgan fingerprint density at radius 1 is 1.57 bits per heavy atom. The van der Waals surface area contributed by atoms with Crippen molar-refractivity contribution in [2.75, 3.05) is 11.5 Å². The molecule has 2 aliphatic heterocycles. The first-order valence-electron chi connectivity index (χ1n) is 4.19. The fourth-order valence-electron chi connectivity index (χ4n) is 1.57. The van der Waals surface area contributed by atoms with Crippen LogP contribution in [0.4, 0.5) is 0 Å². The highest BCUT2D eigenvalue weighted by Crippen LogP contribution is 2.33. The lowest BCUT2D eigenvalue weighted by Crippen LogP contribution is -2.25. The van der Waals surface area contributed by atoms with Crippen LogP contribution in [0.2, 0.25) is 0 Å². The molecule has 0 saturated carbocycles. The molecular weight excluding hydrogens is 224 g/mol. The molecule has 1 saturated heterocycles. The number of sulfone groups is 1. The maximum Gasteiger partial charge on any atom is 0.222 e. The van der Waals surface area contributed by atoms with Crippen LogP contribution in [0, 0.1) is 0 Å². The zero-order chi connectivity index (χ0) is 10.3. The standard InChI is InChI=1S/C7H10N2O3S2/c1-4(10)8-7-9-5-2-14(11,12)3-6(5)13-7/h5-6H,2-3H2,1H3,(H,8,9,10)/t5-,6-/m0/s1. The number of rotatable bonds is 0. The number of hydrogen-bond donors (Lipinski definition) is 1. The molecule has 2 aliphatic rings. The van der Waals surface area contributed by atoms with Crippen LogP contribution in [-0.4, -0.2) is 42.3 Å². The maximum atomic E-state index is 11.2. The molecule has 0 aromatic rings. The summed E-state index contributed by atoms with van der Waals surface area (Å²) in [4.78, 5) is 14.9. The van der Waals surface area contributed by atoms with Gasteiger partial charge in [0.05, 0.1) is 17.5 Å². The molecular formula is C7H10N2O3S2. The predicted octanol–water partition coefficient (Wildman–Crippen LogP) is -0.609. The molecule has 0 aromatic heterocycles. The Labute approximate surface area is 86.3 Å². The van der Waals surface area contributed by atoms with Gasteiger partial charge >= 0.3 is 0 Å². The van der Waals surface area contributed by atoms with E-state index in [0.29, 0.717) is 5.17 Å². The van der Waals surface area contributed by atoms with Crippen LogP contribution in [0.5, 0.6) is 0 Å². The smallest absolute Gasteiger partial charge is 0.222 e. The Morgan fingerprint density at radius 2 is 2.29 bits per heavy atom. The van der Waals surface area contributed by atoms with Gasteiger partial charge in [-0.05, 0) is 0 Å². The first-order chi connectivity index (χ1) is 6.46. The minimum Gasteiger partial charge on any atom is -0.306 e. The fraction of sp³-hybridized carbons (Fsp3) is 0.714. The highest BCUT2D eigenvalue weighted by Gasteiger charge is 2.42. The number of nitrogens with zero attached hydrogens (tertiary/aromatic N) is 1. The van der Waals surface area contributed by atoms with Crippen molar-refractivity contribution in [2.45, 2.75) is 18.2 Å². The minimum atomic E-state index is -2.90. The van der Waals surface area contributed by atoms with Crippen LogP contribution in [0.25, 0.3) is 0 Å². The number of hydrogen-bond acceptors (Lipinski definition) is 5. The molecule has 0 radical (unpaired) electrons. The summed E-state index contributed by atoms with van der Waals surface area (Å²) in [6, 6.07) is -0.160. The third kappa shape index (κ3) is 1.93. The monoisotopic (exact) mass is 234 g/mol. The Bertz CT molecular complexity index is 401. The molecule has 14 heavy (non-hydrogen) atoms. The summed E-state index contributed by atoms with van der Waals surface area (Å²) in [7, 11) is -2.90. The van der Waals surface area contributed by atoms with E-state index in [-0.39, 0.29) is 28.7 Å². The Morgan fingerprint density at radius 3 is 2.86 bits per heavy atom. The number of fused-ring (bicyclic) bond motifs is 1. The lowest BCUT2D eigenvalue weighted by Gasteiger charge is -2.02. The van der Waals surface area contributed by atoms with Crippen LogP contribution in [0.15, 0.2) is 4.99 Å². The fourth-order valence-corrected chi connectivity index (χ4v) is 5.27. The van der Waals surface area contributed by atoms with Crippen molar-refractivity contribution in [3.8, 4) is 0 Å². The number of carbonyl (C=O) groups excluding carboxylic acids is 1. The van der Waals surface area contributed by atoms with E-state index in [2.05, 4.69) is 10.3 Å². The van der Waals surface area contributed by atoms with E-state index < -0.39 is 9.84 Å². The Kier molecular flexibility index (Phi) is 2.30. The number of thioether (sulfide) groups is 1. The maximum absolute atomic E-state index is 11.2. The lowest BCUT2D eigenvalue weighted by molar-refractivity contribution is -0.117. The molecule has 0 unspecified atom stereocenters. The number of nitrogens with one attached hydrogen (secondary N) is 1. The largest absolute Gasteiger partial charge is 0.306 e. The summed E-state index contributed by atoms with van der Waals surface area (Å²) in [6.45, 7) is 1.41. The van der Waals surface area contributed by atoms with Gasteiger partial charge in [0, 0.05) is 12.2 Å². The van der Waals surface area contributed by atoms with E-state index in [9.17, 15) is 13.2 Å². The number of carbonyl (C=O) groups is 1. The number of amidine groups is 1. The predicted molar refractivity (Wildman–Crippen MR) is 55.1 cm³/mol. The highest BCUT2D eigenvalue weighted by molar-refractivity contribution is 8.15. The molecule has 1 N–H and O–H groups in total.